The normalized spacial score (nSPS) is 21.3. The monoisotopic (exact) mass is 273 g/mol. The van der Waals surface area contributed by atoms with Gasteiger partial charge in [0, 0.05) is 45.8 Å². The molecule has 2 fully saturated rings. The van der Waals surface area contributed by atoms with Gasteiger partial charge in [-0.2, -0.15) is 0 Å². The molecule has 0 aromatic heterocycles. The number of nitrogens with one attached hydrogen (secondary N) is 1. The number of amides is 1. The summed E-state index contributed by atoms with van der Waals surface area (Å²) in [4.78, 5) is 16.8. The first kappa shape index (κ1) is 13.6. The van der Waals surface area contributed by atoms with Crippen molar-refractivity contribution < 1.29 is 4.79 Å². The fraction of sp³-hybridized carbons (Fsp3) is 0.562. The molecule has 2 aliphatic rings. The summed E-state index contributed by atoms with van der Waals surface area (Å²) in [6, 6.07) is 10.6. The lowest BCUT2D eigenvalue weighted by Gasteiger charge is -2.31. The van der Waals surface area contributed by atoms with E-state index < -0.39 is 0 Å². The molecule has 2 heterocycles. The Hall–Kier alpha value is -1.39. The van der Waals surface area contributed by atoms with Gasteiger partial charge in [0.05, 0.1) is 5.92 Å². The van der Waals surface area contributed by atoms with Gasteiger partial charge in [0.25, 0.3) is 0 Å². The highest BCUT2D eigenvalue weighted by atomic mass is 16.2. The molecule has 2 aliphatic heterocycles. The highest BCUT2D eigenvalue weighted by Crippen LogP contribution is 2.13. The van der Waals surface area contributed by atoms with Gasteiger partial charge in [-0.05, 0) is 12.0 Å². The van der Waals surface area contributed by atoms with E-state index in [0.29, 0.717) is 5.91 Å². The van der Waals surface area contributed by atoms with Gasteiger partial charge in [-0.3, -0.25) is 9.69 Å². The maximum Gasteiger partial charge on any atom is 0.228 e. The Balaban J connectivity index is 1.52. The first-order chi connectivity index (χ1) is 9.83. The van der Waals surface area contributed by atoms with Crippen LogP contribution >= 0.6 is 0 Å². The predicted molar refractivity (Wildman–Crippen MR) is 79.3 cm³/mol. The van der Waals surface area contributed by atoms with Crippen LogP contribution in [0.4, 0.5) is 0 Å². The lowest BCUT2D eigenvalue weighted by molar-refractivity contribution is -0.136. The average molecular weight is 273 g/mol. The van der Waals surface area contributed by atoms with Crippen molar-refractivity contribution in [1.29, 1.82) is 0 Å². The van der Waals surface area contributed by atoms with Crippen molar-refractivity contribution in [3.05, 3.63) is 35.9 Å². The third-order valence-corrected chi connectivity index (χ3v) is 4.28. The van der Waals surface area contributed by atoms with Gasteiger partial charge in [0.1, 0.15) is 0 Å². The molecule has 0 saturated carbocycles. The molecule has 20 heavy (non-hydrogen) atoms. The van der Waals surface area contributed by atoms with Gasteiger partial charge in [-0.1, -0.05) is 30.3 Å². The van der Waals surface area contributed by atoms with Crippen LogP contribution in [0.25, 0.3) is 0 Å². The second-order valence-corrected chi connectivity index (χ2v) is 5.80. The zero-order valence-electron chi connectivity index (χ0n) is 11.9. The minimum Gasteiger partial charge on any atom is -0.341 e. The van der Waals surface area contributed by atoms with Crippen molar-refractivity contribution in [2.75, 3.05) is 39.3 Å². The largest absolute Gasteiger partial charge is 0.341 e. The number of carbonyl (C=O) groups excluding carboxylic acids is 1. The van der Waals surface area contributed by atoms with Gasteiger partial charge in [0.15, 0.2) is 0 Å². The fourth-order valence-corrected chi connectivity index (χ4v) is 2.91. The van der Waals surface area contributed by atoms with Crippen LogP contribution in [0.1, 0.15) is 12.0 Å². The van der Waals surface area contributed by atoms with E-state index in [2.05, 4.69) is 45.4 Å². The van der Waals surface area contributed by atoms with Gasteiger partial charge < -0.3 is 10.2 Å². The second-order valence-electron chi connectivity index (χ2n) is 5.80. The molecule has 2 saturated heterocycles. The van der Waals surface area contributed by atoms with Gasteiger partial charge >= 0.3 is 0 Å². The molecule has 4 nitrogen and oxygen atoms in total. The van der Waals surface area contributed by atoms with Crippen molar-refractivity contribution >= 4 is 5.91 Å². The summed E-state index contributed by atoms with van der Waals surface area (Å²) >= 11 is 0. The van der Waals surface area contributed by atoms with E-state index in [4.69, 9.17) is 0 Å². The molecule has 0 bridgehead atoms. The van der Waals surface area contributed by atoms with E-state index in [1.165, 1.54) is 5.56 Å². The molecule has 108 valence electrons. The fourth-order valence-electron chi connectivity index (χ4n) is 2.91. The standard InChI is InChI=1S/C16H23N3O/c20-16(15-11-17-12-15)19-8-4-7-18(9-10-19)13-14-5-2-1-3-6-14/h1-3,5-6,15,17H,4,7-13H2. The van der Waals surface area contributed by atoms with E-state index in [1.54, 1.807) is 0 Å². The van der Waals surface area contributed by atoms with Crippen molar-refractivity contribution in [2.24, 2.45) is 5.92 Å². The van der Waals surface area contributed by atoms with Gasteiger partial charge in [-0.15, -0.1) is 0 Å². The Morgan fingerprint density at radius 1 is 1.10 bits per heavy atom. The Bertz CT molecular complexity index is 444. The SMILES string of the molecule is O=C(C1CNC1)N1CCCN(Cc2ccccc2)CC1. The number of nitrogens with zero attached hydrogens (tertiary/aromatic N) is 2. The molecule has 1 aromatic carbocycles. The molecule has 0 spiro atoms. The summed E-state index contributed by atoms with van der Waals surface area (Å²) in [5.74, 6) is 0.584. The lowest BCUT2D eigenvalue weighted by atomic mass is 10.0. The average Bonchev–Trinajstić information content (AvgIpc) is 2.63. The molecule has 0 aliphatic carbocycles. The Morgan fingerprint density at radius 2 is 1.90 bits per heavy atom. The van der Waals surface area contributed by atoms with Crippen LogP contribution in [0.5, 0.6) is 0 Å². The lowest BCUT2D eigenvalue weighted by Crippen LogP contribution is -2.52. The third kappa shape index (κ3) is 3.19. The van der Waals surface area contributed by atoms with E-state index >= 15 is 0 Å². The maximum absolute atomic E-state index is 12.3. The van der Waals surface area contributed by atoms with E-state index in [9.17, 15) is 4.79 Å². The first-order valence-electron chi connectivity index (χ1n) is 7.59. The van der Waals surface area contributed by atoms with Crippen molar-refractivity contribution in [3.63, 3.8) is 0 Å². The summed E-state index contributed by atoms with van der Waals surface area (Å²) in [5, 5.41) is 3.18. The Labute approximate surface area is 120 Å². The first-order valence-corrected chi connectivity index (χ1v) is 7.59. The maximum atomic E-state index is 12.3. The predicted octanol–water partition coefficient (Wildman–Crippen LogP) is 0.940. The van der Waals surface area contributed by atoms with Crippen molar-refractivity contribution in [2.45, 2.75) is 13.0 Å². The van der Waals surface area contributed by atoms with Crippen LogP contribution in [-0.2, 0) is 11.3 Å². The summed E-state index contributed by atoms with van der Waals surface area (Å²) in [7, 11) is 0. The van der Waals surface area contributed by atoms with Gasteiger partial charge in [0.2, 0.25) is 5.91 Å². The highest BCUT2D eigenvalue weighted by molar-refractivity contribution is 5.80. The minimum atomic E-state index is 0.232. The zero-order valence-corrected chi connectivity index (χ0v) is 11.9. The number of rotatable bonds is 3. The zero-order chi connectivity index (χ0) is 13.8. The summed E-state index contributed by atoms with van der Waals surface area (Å²) in [6.07, 6.45) is 1.08. The Kier molecular flexibility index (Phi) is 4.33. The number of hydrogen-bond donors (Lipinski definition) is 1. The summed E-state index contributed by atoms with van der Waals surface area (Å²) < 4.78 is 0. The number of benzene rings is 1. The van der Waals surface area contributed by atoms with Crippen LogP contribution in [0.2, 0.25) is 0 Å². The molecule has 3 rings (SSSR count). The molecule has 1 amide bonds. The summed E-state index contributed by atoms with van der Waals surface area (Å²) in [6.45, 7) is 6.59. The van der Waals surface area contributed by atoms with Crippen LogP contribution in [0, 0.1) is 5.92 Å². The van der Waals surface area contributed by atoms with Crippen molar-refractivity contribution in [1.82, 2.24) is 15.1 Å². The summed E-state index contributed by atoms with van der Waals surface area (Å²) in [5.41, 5.74) is 1.36. The van der Waals surface area contributed by atoms with Crippen LogP contribution < -0.4 is 5.32 Å². The molecular weight excluding hydrogens is 250 g/mol. The number of hydrogen-bond acceptors (Lipinski definition) is 3. The van der Waals surface area contributed by atoms with Gasteiger partial charge in [-0.25, -0.2) is 0 Å². The molecule has 0 unspecified atom stereocenters. The van der Waals surface area contributed by atoms with E-state index in [1.807, 2.05) is 0 Å². The minimum absolute atomic E-state index is 0.232. The van der Waals surface area contributed by atoms with Crippen LogP contribution in [-0.4, -0.2) is 55.0 Å². The van der Waals surface area contributed by atoms with E-state index in [-0.39, 0.29) is 5.92 Å². The molecular formula is C16H23N3O. The van der Waals surface area contributed by atoms with Crippen molar-refractivity contribution in [3.8, 4) is 0 Å². The molecule has 1 N–H and O–H groups in total. The third-order valence-electron chi connectivity index (χ3n) is 4.28. The molecule has 0 radical (unpaired) electrons. The van der Waals surface area contributed by atoms with E-state index in [0.717, 1.165) is 52.2 Å². The van der Waals surface area contributed by atoms with Crippen LogP contribution in [0.15, 0.2) is 30.3 Å². The molecule has 1 aromatic rings. The molecule has 4 heteroatoms. The molecule has 0 atom stereocenters. The Morgan fingerprint density at radius 3 is 2.60 bits per heavy atom. The second kappa shape index (κ2) is 6.37. The van der Waals surface area contributed by atoms with Crippen LogP contribution in [0.3, 0.4) is 0 Å². The highest BCUT2D eigenvalue weighted by Gasteiger charge is 2.30. The smallest absolute Gasteiger partial charge is 0.228 e. The quantitative estimate of drug-likeness (QED) is 0.890. The topological polar surface area (TPSA) is 35.6 Å². The number of carbonyl (C=O) groups is 1.